The van der Waals surface area contributed by atoms with Crippen LogP contribution in [0.15, 0.2) is 30.3 Å². The van der Waals surface area contributed by atoms with E-state index < -0.39 is 16.5 Å². The minimum atomic E-state index is -4.75. The summed E-state index contributed by atoms with van der Waals surface area (Å²) >= 11 is 0. The fourth-order valence-electron chi connectivity index (χ4n) is 2.35. The number of methoxy groups -OCH3 is 3. The van der Waals surface area contributed by atoms with Gasteiger partial charge in [-0.1, -0.05) is 22.9 Å². The Balaban J connectivity index is 2.38. The lowest BCUT2D eigenvalue weighted by Gasteiger charge is -2.12. The molecule has 0 aromatic heterocycles. The van der Waals surface area contributed by atoms with Gasteiger partial charge in [-0.2, -0.15) is 0 Å². The quantitative estimate of drug-likeness (QED) is 0.241. The van der Waals surface area contributed by atoms with Crippen LogP contribution < -0.4 is 23.6 Å². The van der Waals surface area contributed by atoms with Crippen LogP contribution >= 0.6 is 16.5 Å². The van der Waals surface area contributed by atoms with E-state index in [2.05, 4.69) is 9.20 Å². The zero-order valence-corrected chi connectivity index (χ0v) is 17.4. The molecule has 12 heteroatoms. The van der Waals surface area contributed by atoms with Gasteiger partial charge in [0.1, 0.15) is 0 Å². The molecule has 156 valence electrons. The summed E-state index contributed by atoms with van der Waals surface area (Å²) in [5.74, 6) is 0.782. The van der Waals surface area contributed by atoms with Crippen LogP contribution in [0.3, 0.4) is 0 Å². The Morgan fingerprint density at radius 3 is 2.07 bits per heavy atom. The molecule has 0 saturated carbocycles. The van der Waals surface area contributed by atoms with Crippen LogP contribution in [-0.4, -0.2) is 31.1 Å². The van der Waals surface area contributed by atoms with Crippen LogP contribution in [0.25, 0.3) is 12.2 Å². The van der Waals surface area contributed by atoms with Gasteiger partial charge in [0, 0.05) is 0 Å². The van der Waals surface area contributed by atoms with Gasteiger partial charge in [0.2, 0.25) is 11.5 Å². The molecule has 0 radical (unpaired) electrons. The van der Waals surface area contributed by atoms with E-state index in [-0.39, 0.29) is 23.0 Å². The van der Waals surface area contributed by atoms with Gasteiger partial charge >= 0.3 is 16.5 Å². The molecule has 2 N–H and O–H groups in total. The molecule has 0 atom stereocenters. The van der Waals surface area contributed by atoms with Gasteiger partial charge in [-0.05, 0) is 35.4 Å². The van der Waals surface area contributed by atoms with Crippen LogP contribution in [0.2, 0.25) is 0 Å². The van der Waals surface area contributed by atoms with Crippen molar-refractivity contribution >= 4 is 28.7 Å². The number of hydrogen-bond donors (Lipinski definition) is 2. The molecule has 0 unspecified atom stereocenters. The molecule has 0 aliphatic heterocycles. The molecule has 0 aliphatic carbocycles. The van der Waals surface area contributed by atoms with Crippen molar-refractivity contribution in [1.29, 1.82) is 0 Å². The van der Waals surface area contributed by atoms with Crippen LogP contribution in [0.1, 0.15) is 11.1 Å². The lowest BCUT2D eigenvalue weighted by Crippen LogP contribution is -1.96. The van der Waals surface area contributed by atoms with Gasteiger partial charge in [0.15, 0.2) is 17.2 Å². The van der Waals surface area contributed by atoms with Crippen molar-refractivity contribution in [3.8, 4) is 28.7 Å². The second-order valence-electron chi connectivity index (χ2n) is 5.31. The molecule has 0 bridgehead atoms. The number of hydrogen-bond acceptors (Lipinski definition) is 8. The number of ether oxygens (including phenoxy) is 3. The third kappa shape index (κ3) is 6.45. The van der Waals surface area contributed by atoms with Gasteiger partial charge in [0.25, 0.3) is 0 Å². The first-order valence-electron chi connectivity index (χ1n) is 7.85. The van der Waals surface area contributed by atoms with Gasteiger partial charge in [-0.25, -0.2) is 9.13 Å². The van der Waals surface area contributed by atoms with Crippen molar-refractivity contribution in [3.05, 3.63) is 41.5 Å². The highest BCUT2D eigenvalue weighted by Crippen LogP contribution is 2.43. The number of rotatable bonds is 10. The molecule has 2 aromatic carbocycles. The van der Waals surface area contributed by atoms with Crippen molar-refractivity contribution in [2.45, 2.75) is 0 Å². The molecule has 10 nitrogen and oxygen atoms in total. The van der Waals surface area contributed by atoms with Crippen molar-refractivity contribution in [1.82, 2.24) is 0 Å². The van der Waals surface area contributed by atoms with Crippen molar-refractivity contribution < 1.29 is 47.2 Å². The maximum absolute atomic E-state index is 11.1. The van der Waals surface area contributed by atoms with Gasteiger partial charge in [0.05, 0.1) is 21.3 Å². The molecule has 0 saturated heterocycles. The van der Waals surface area contributed by atoms with Crippen LogP contribution in [0.5, 0.6) is 28.7 Å². The zero-order chi connectivity index (χ0) is 21.4. The summed E-state index contributed by atoms with van der Waals surface area (Å²) in [5, 5.41) is 0. The molecule has 0 fully saturated rings. The first-order chi connectivity index (χ1) is 13.8. The van der Waals surface area contributed by atoms with E-state index >= 15 is 0 Å². The largest absolute Gasteiger partial charge is 0.524 e. The minimum absolute atomic E-state index is 0.109. The Morgan fingerprint density at radius 2 is 1.48 bits per heavy atom. The van der Waals surface area contributed by atoms with Crippen LogP contribution in [0.4, 0.5) is 0 Å². The summed E-state index contributed by atoms with van der Waals surface area (Å²) in [6.07, 6.45) is 3.33. The number of phosphoric acid groups is 1. The third-order valence-electron chi connectivity index (χ3n) is 3.50. The summed E-state index contributed by atoms with van der Waals surface area (Å²) in [4.78, 5) is 23.0. The average Bonchev–Trinajstić information content (AvgIpc) is 2.69. The molecule has 0 amide bonds. The van der Waals surface area contributed by atoms with E-state index in [9.17, 15) is 9.13 Å². The summed E-state index contributed by atoms with van der Waals surface area (Å²) in [6, 6.07) is 7.80. The minimum Gasteiger partial charge on any atom is -0.493 e. The molecular weight excluding hydrogens is 426 g/mol. The van der Waals surface area contributed by atoms with Crippen molar-refractivity contribution in [2.75, 3.05) is 21.3 Å². The van der Waals surface area contributed by atoms with E-state index in [0.29, 0.717) is 16.9 Å². The predicted octanol–water partition coefficient (Wildman–Crippen LogP) is 3.87. The van der Waals surface area contributed by atoms with E-state index in [1.165, 1.54) is 33.5 Å². The molecule has 0 heterocycles. The monoisotopic (exact) mass is 444 g/mol. The summed E-state index contributed by atoms with van der Waals surface area (Å²) in [7, 11) is -1.22. The van der Waals surface area contributed by atoms with Crippen molar-refractivity contribution in [3.63, 3.8) is 0 Å². The number of phosphoric ester groups is 1. The SMILES string of the molecule is COc1ccc(/C=C\c2cc(OC)c(OC)c(OOP=O)c2)cc1OP(=O)(O)O. The predicted molar refractivity (Wildman–Crippen MR) is 103 cm³/mol. The first-order valence-corrected chi connectivity index (χ1v) is 10.1. The Labute approximate surface area is 168 Å². The second-order valence-corrected chi connectivity index (χ2v) is 6.77. The van der Waals surface area contributed by atoms with Crippen LogP contribution in [-0.2, 0) is 13.8 Å². The molecule has 0 aliphatic rings. The molecule has 2 aromatic rings. The lowest BCUT2D eigenvalue weighted by atomic mass is 10.1. The van der Waals surface area contributed by atoms with Crippen molar-refractivity contribution in [2.24, 2.45) is 0 Å². The maximum atomic E-state index is 11.1. The smallest absolute Gasteiger partial charge is 0.493 e. The van der Waals surface area contributed by atoms with Gasteiger partial charge in [-0.3, -0.25) is 9.79 Å². The molecule has 0 spiro atoms. The van der Waals surface area contributed by atoms with Gasteiger partial charge < -0.3 is 23.6 Å². The molecular formula is C17H18O10P2. The van der Waals surface area contributed by atoms with E-state index in [1.807, 2.05) is 0 Å². The lowest BCUT2D eigenvalue weighted by molar-refractivity contribution is -0.0886. The average molecular weight is 444 g/mol. The van der Waals surface area contributed by atoms with E-state index in [4.69, 9.17) is 28.9 Å². The Morgan fingerprint density at radius 1 is 0.862 bits per heavy atom. The Bertz CT molecular complexity index is 938. The Hall–Kier alpha value is -2.61. The summed E-state index contributed by atoms with van der Waals surface area (Å²) in [6.45, 7) is 0. The zero-order valence-electron chi connectivity index (χ0n) is 15.6. The van der Waals surface area contributed by atoms with Gasteiger partial charge in [-0.15, -0.1) is 0 Å². The highest BCUT2D eigenvalue weighted by Gasteiger charge is 2.19. The highest BCUT2D eigenvalue weighted by molar-refractivity contribution is 7.46. The summed E-state index contributed by atoms with van der Waals surface area (Å²) < 4.78 is 46.2. The molecule has 29 heavy (non-hydrogen) atoms. The fraction of sp³-hybridized carbons (Fsp3) is 0.176. The normalized spacial score (nSPS) is 11.5. The topological polar surface area (TPSA) is 130 Å². The van der Waals surface area contributed by atoms with E-state index in [0.717, 1.165) is 0 Å². The third-order valence-corrected chi connectivity index (χ3v) is 4.07. The fourth-order valence-corrected chi connectivity index (χ4v) is 2.86. The van der Waals surface area contributed by atoms with E-state index in [1.54, 1.807) is 30.4 Å². The first kappa shape index (κ1) is 22.7. The summed E-state index contributed by atoms with van der Waals surface area (Å²) in [5.41, 5.74) is 1.18. The highest BCUT2D eigenvalue weighted by atomic mass is 31.2. The maximum Gasteiger partial charge on any atom is 0.524 e. The second kappa shape index (κ2) is 10.2. The Kier molecular flexibility index (Phi) is 8.01. The van der Waals surface area contributed by atoms with Crippen LogP contribution in [0, 0.1) is 0 Å². The number of benzene rings is 2. The molecule has 2 rings (SSSR count). The standard InChI is InChI=1S/C17H18O10P2/c1-22-13-7-6-11(8-14(13)26-29(19,20)21)4-5-12-9-15(23-2)17(24-3)16(10-12)25-27-28-18/h4-10H,1-3H3,(H2,19,20,21)/b5-4-.